The van der Waals surface area contributed by atoms with Gasteiger partial charge in [0.15, 0.2) is 16.6 Å². The third kappa shape index (κ3) is 5.10. The lowest BCUT2D eigenvalue weighted by Gasteiger charge is -2.32. The monoisotopic (exact) mass is 478 g/mol. The number of benzene rings is 1. The summed E-state index contributed by atoms with van der Waals surface area (Å²) in [7, 11) is 1.63. The maximum absolute atomic E-state index is 13.2. The van der Waals surface area contributed by atoms with Crippen molar-refractivity contribution in [3.05, 3.63) is 71.6 Å². The van der Waals surface area contributed by atoms with Crippen molar-refractivity contribution < 1.29 is 19.0 Å². The maximum atomic E-state index is 13.2. The summed E-state index contributed by atoms with van der Waals surface area (Å²) in [6.45, 7) is 0. The van der Waals surface area contributed by atoms with Crippen LogP contribution in [0.5, 0.6) is 5.75 Å². The molecule has 1 atom stereocenters. The average molecular weight is 479 g/mol. The van der Waals surface area contributed by atoms with Gasteiger partial charge in [-0.2, -0.15) is 0 Å². The van der Waals surface area contributed by atoms with Crippen LogP contribution in [0.2, 0.25) is 0 Å². The Hall–Kier alpha value is -2.90. The highest BCUT2D eigenvalue weighted by Gasteiger charge is 2.31. The third-order valence-electron chi connectivity index (χ3n) is 6.78. The van der Waals surface area contributed by atoms with Crippen molar-refractivity contribution in [2.75, 3.05) is 7.11 Å². The first-order valence-electron chi connectivity index (χ1n) is 12.0. The molecule has 0 amide bonds. The SMILES string of the molecule is COc1cccc2sc(C(=O)C3CCC(NC(CC4=CC=CCC4)C4=COC=CO4)CC3)nc12. The lowest BCUT2D eigenvalue weighted by molar-refractivity contribution is 0.0876. The molecule has 1 aromatic heterocycles. The quantitative estimate of drug-likeness (QED) is 0.467. The molecule has 6 nitrogen and oxygen atoms in total. The molecule has 1 fully saturated rings. The molecular weight excluding hydrogens is 448 g/mol. The predicted molar refractivity (Wildman–Crippen MR) is 134 cm³/mol. The summed E-state index contributed by atoms with van der Waals surface area (Å²) in [5.74, 6) is 1.70. The van der Waals surface area contributed by atoms with Crippen LogP contribution >= 0.6 is 11.3 Å². The summed E-state index contributed by atoms with van der Waals surface area (Å²) in [6.07, 6.45) is 18.0. The van der Waals surface area contributed by atoms with Crippen LogP contribution < -0.4 is 10.1 Å². The molecule has 1 aromatic carbocycles. The normalized spacial score (nSPS) is 23.0. The van der Waals surface area contributed by atoms with E-state index in [0.29, 0.717) is 16.8 Å². The van der Waals surface area contributed by atoms with E-state index in [1.54, 1.807) is 19.6 Å². The van der Waals surface area contributed by atoms with Crippen LogP contribution in [-0.2, 0) is 9.47 Å². The molecular formula is C27H30N2O4S. The van der Waals surface area contributed by atoms with Crippen LogP contribution in [0.25, 0.3) is 10.2 Å². The lowest BCUT2D eigenvalue weighted by atomic mass is 9.83. The molecule has 1 unspecified atom stereocenters. The van der Waals surface area contributed by atoms with E-state index in [4.69, 9.17) is 14.2 Å². The smallest absolute Gasteiger partial charge is 0.194 e. The Morgan fingerprint density at radius 1 is 1.26 bits per heavy atom. The molecule has 2 aromatic rings. The number of hydrogen-bond acceptors (Lipinski definition) is 7. The van der Waals surface area contributed by atoms with Crippen molar-refractivity contribution in [1.82, 2.24) is 10.3 Å². The second kappa shape index (κ2) is 10.6. The molecule has 34 heavy (non-hydrogen) atoms. The summed E-state index contributed by atoms with van der Waals surface area (Å²) in [5.41, 5.74) is 2.19. The topological polar surface area (TPSA) is 69.7 Å². The van der Waals surface area contributed by atoms with E-state index in [9.17, 15) is 4.79 Å². The summed E-state index contributed by atoms with van der Waals surface area (Å²) in [6, 6.07) is 6.20. The second-order valence-electron chi connectivity index (χ2n) is 9.00. The minimum absolute atomic E-state index is 0.0191. The van der Waals surface area contributed by atoms with Gasteiger partial charge in [0, 0.05) is 12.0 Å². The molecule has 0 bridgehead atoms. The minimum atomic E-state index is 0.0191. The number of fused-ring (bicyclic) bond motifs is 1. The van der Waals surface area contributed by atoms with E-state index < -0.39 is 0 Å². The Labute approximate surface area is 204 Å². The standard InChI is InChI=1S/C27H30N2O4S/c1-31-22-8-5-9-24-25(22)29-27(34-24)26(30)19-10-12-20(13-11-19)28-21(23-17-32-14-15-33-23)16-18-6-3-2-4-7-18/h2-3,5-6,8-9,14-15,17,19-21,28H,4,7,10-13,16H2,1H3. The zero-order valence-electron chi connectivity index (χ0n) is 19.4. The number of carbonyl (C=O) groups is 1. The molecule has 0 saturated heterocycles. The number of Topliss-reactive ketones (excluding diaryl/α,β-unsaturated/α-hetero) is 1. The highest BCUT2D eigenvalue weighted by Crippen LogP contribution is 2.34. The fourth-order valence-corrected chi connectivity index (χ4v) is 5.94. The van der Waals surface area contributed by atoms with Gasteiger partial charge in [0.1, 0.15) is 30.1 Å². The van der Waals surface area contributed by atoms with Gasteiger partial charge in [0.05, 0.1) is 17.9 Å². The number of ketones is 1. The van der Waals surface area contributed by atoms with E-state index in [-0.39, 0.29) is 17.7 Å². The summed E-state index contributed by atoms with van der Waals surface area (Å²) >= 11 is 1.47. The molecule has 2 aliphatic carbocycles. The molecule has 0 spiro atoms. The number of thiazole rings is 1. The Morgan fingerprint density at radius 3 is 2.88 bits per heavy atom. The van der Waals surface area contributed by atoms with E-state index in [1.165, 1.54) is 23.2 Å². The first-order valence-corrected chi connectivity index (χ1v) is 12.8. The van der Waals surface area contributed by atoms with Gasteiger partial charge >= 0.3 is 0 Å². The molecule has 5 rings (SSSR count). The predicted octanol–water partition coefficient (Wildman–Crippen LogP) is 6.03. The van der Waals surface area contributed by atoms with Gasteiger partial charge in [-0.1, -0.05) is 29.9 Å². The number of hydrogen-bond donors (Lipinski definition) is 1. The van der Waals surface area contributed by atoms with Gasteiger partial charge in [-0.3, -0.25) is 4.79 Å². The van der Waals surface area contributed by atoms with Crippen LogP contribution in [-0.4, -0.2) is 30.0 Å². The Morgan fingerprint density at radius 2 is 2.15 bits per heavy atom. The fourth-order valence-electron chi connectivity index (χ4n) is 4.94. The lowest BCUT2D eigenvalue weighted by Crippen LogP contribution is -2.43. The Balaban J connectivity index is 1.22. The summed E-state index contributed by atoms with van der Waals surface area (Å²) in [4.78, 5) is 17.9. The third-order valence-corrected chi connectivity index (χ3v) is 7.82. The van der Waals surface area contributed by atoms with Crippen molar-refractivity contribution in [3.8, 4) is 5.75 Å². The van der Waals surface area contributed by atoms with Gasteiger partial charge < -0.3 is 19.5 Å². The number of aromatic nitrogens is 1. The van der Waals surface area contributed by atoms with Gasteiger partial charge in [0.25, 0.3) is 0 Å². The van der Waals surface area contributed by atoms with Crippen molar-refractivity contribution in [2.24, 2.45) is 5.92 Å². The van der Waals surface area contributed by atoms with Crippen molar-refractivity contribution in [3.63, 3.8) is 0 Å². The Kier molecular flexibility index (Phi) is 7.11. The van der Waals surface area contributed by atoms with Crippen LogP contribution in [0.3, 0.4) is 0 Å². The molecule has 1 aliphatic heterocycles. The molecule has 0 radical (unpaired) electrons. The summed E-state index contributed by atoms with van der Waals surface area (Å²) < 4.78 is 17.5. The summed E-state index contributed by atoms with van der Waals surface area (Å²) in [5, 5.41) is 4.39. The van der Waals surface area contributed by atoms with Crippen LogP contribution in [0.15, 0.2) is 66.5 Å². The number of rotatable bonds is 8. The Bertz CT molecular complexity index is 1150. The number of nitrogens with one attached hydrogen (secondary N) is 1. The van der Waals surface area contributed by atoms with Crippen LogP contribution in [0.4, 0.5) is 0 Å². The van der Waals surface area contributed by atoms with Crippen molar-refractivity contribution in [2.45, 2.75) is 57.0 Å². The van der Waals surface area contributed by atoms with Gasteiger partial charge in [-0.25, -0.2) is 4.98 Å². The fraction of sp³-hybridized carbons (Fsp3) is 0.407. The zero-order chi connectivity index (χ0) is 23.3. The van der Waals surface area contributed by atoms with E-state index in [1.807, 2.05) is 18.2 Å². The molecule has 2 heterocycles. The highest BCUT2D eigenvalue weighted by atomic mass is 32.1. The maximum Gasteiger partial charge on any atom is 0.194 e. The van der Waals surface area contributed by atoms with Crippen LogP contribution in [0, 0.1) is 5.92 Å². The molecule has 1 saturated carbocycles. The largest absolute Gasteiger partial charge is 0.494 e. The average Bonchev–Trinajstić information content (AvgIpc) is 3.34. The first kappa shape index (κ1) is 22.9. The number of carbonyl (C=O) groups excluding carboxylic acids is 1. The van der Waals surface area contributed by atoms with E-state index in [2.05, 4.69) is 28.5 Å². The zero-order valence-corrected chi connectivity index (χ0v) is 20.2. The first-order chi connectivity index (χ1) is 16.7. The van der Waals surface area contributed by atoms with E-state index in [0.717, 1.165) is 60.9 Å². The minimum Gasteiger partial charge on any atom is -0.494 e. The van der Waals surface area contributed by atoms with Gasteiger partial charge in [0.2, 0.25) is 0 Å². The molecule has 7 heteroatoms. The number of ether oxygens (including phenoxy) is 3. The highest BCUT2D eigenvalue weighted by molar-refractivity contribution is 7.20. The molecule has 1 N–H and O–H groups in total. The van der Waals surface area contributed by atoms with Crippen LogP contribution in [0.1, 0.15) is 54.7 Å². The van der Waals surface area contributed by atoms with Gasteiger partial charge in [-0.15, -0.1) is 11.3 Å². The van der Waals surface area contributed by atoms with Crippen molar-refractivity contribution in [1.29, 1.82) is 0 Å². The molecule has 3 aliphatic rings. The van der Waals surface area contributed by atoms with Crippen molar-refractivity contribution >= 4 is 27.3 Å². The van der Waals surface area contributed by atoms with Gasteiger partial charge in [-0.05, 0) is 57.1 Å². The van der Waals surface area contributed by atoms with E-state index >= 15 is 0 Å². The number of para-hydroxylation sites is 1. The number of nitrogens with zero attached hydrogens (tertiary/aromatic N) is 1. The second-order valence-corrected chi connectivity index (χ2v) is 10.0. The number of methoxy groups -OCH3 is 1. The molecule has 178 valence electrons. The number of allylic oxidation sites excluding steroid dienone is 3.